The zero-order valence-electron chi connectivity index (χ0n) is 10.8. The lowest BCUT2D eigenvalue weighted by atomic mass is 9.82. The van der Waals surface area contributed by atoms with Crippen LogP contribution in [0.25, 0.3) is 0 Å². The third-order valence-corrected chi connectivity index (χ3v) is 5.29. The first-order valence-electron chi connectivity index (χ1n) is 6.78. The second-order valence-corrected chi connectivity index (χ2v) is 6.41. The van der Waals surface area contributed by atoms with Gasteiger partial charge in [-0.1, -0.05) is 12.8 Å². The molecule has 0 bridgehead atoms. The van der Waals surface area contributed by atoms with Crippen LogP contribution in [-0.4, -0.2) is 23.0 Å². The molecule has 1 aliphatic heterocycles. The highest BCUT2D eigenvalue weighted by Crippen LogP contribution is 2.43. The van der Waals surface area contributed by atoms with Crippen LogP contribution in [0.5, 0.6) is 0 Å². The van der Waals surface area contributed by atoms with Crippen molar-refractivity contribution in [1.82, 2.24) is 4.98 Å². The summed E-state index contributed by atoms with van der Waals surface area (Å²) in [6.07, 6.45) is 6.57. The number of hydrogen-bond acceptors (Lipinski definition) is 4. The van der Waals surface area contributed by atoms with Gasteiger partial charge in [0.1, 0.15) is 0 Å². The number of Topliss-reactive ketones (excluding diaryl/α,β-unsaturated/α-hetero) is 1. The maximum Gasteiger partial charge on any atom is 0.177 e. The molecule has 1 saturated heterocycles. The molecule has 1 saturated carbocycles. The fourth-order valence-electron chi connectivity index (χ4n) is 3.34. The van der Waals surface area contributed by atoms with Crippen LogP contribution in [-0.2, 0) is 4.74 Å². The third-order valence-electron chi connectivity index (χ3n) is 4.35. The van der Waals surface area contributed by atoms with Crippen molar-refractivity contribution in [1.29, 1.82) is 0 Å². The molecular formula is C14H19NO2S. The molecule has 3 rings (SSSR count). The number of thiazole rings is 1. The van der Waals surface area contributed by atoms with Crippen LogP contribution in [0.15, 0.2) is 5.51 Å². The van der Waals surface area contributed by atoms with Crippen LogP contribution in [0.2, 0.25) is 0 Å². The van der Waals surface area contributed by atoms with Gasteiger partial charge in [-0.15, -0.1) is 11.3 Å². The summed E-state index contributed by atoms with van der Waals surface area (Å²) in [7, 11) is 0. The molecule has 1 spiro atoms. The Morgan fingerprint density at radius 3 is 2.94 bits per heavy atom. The number of carbonyl (C=O) groups is 1. The molecule has 0 N–H and O–H groups in total. The highest BCUT2D eigenvalue weighted by molar-refractivity contribution is 7.12. The number of rotatable bonds is 2. The SMILES string of the molecule is Cc1ncsc1C(=O)C1CCOC2(CCCC2)C1. The van der Waals surface area contributed by atoms with Crippen LogP contribution in [0.1, 0.15) is 53.9 Å². The standard InChI is InChI=1S/C14H19NO2S/c1-10-13(18-9-15-10)12(16)11-4-7-17-14(8-11)5-2-3-6-14/h9,11H,2-8H2,1H3. The monoisotopic (exact) mass is 265 g/mol. The lowest BCUT2D eigenvalue weighted by Crippen LogP contribution is -2.39. The molecule has 2 aliphatic rings. The summed E-state index contributed by atoms with van der Waals surface area (Å²) in [5, 5.41) is 0. The summed E-state index contributed by atoms with van der Waals surface area (Å²) in [5.41, 5.74) is 2.68. The first-order valence-corrected chi connectivity index (χ1v) is 7.66. The minimum Gasteiger partial charge on any atom is -0.375 e. The summed E-state index contributed by atoms with van der Waals surface area (Å²) in [5.74, 6) is 0.445. The van der Waals surface area contributed by atoms with E-state index in [1.165, 1.54) is 24.2 Å². The van der Waals surface area contributed by atoms with Gasteiger partial charge in [0.25, 0.3) is 0 Å². The Morgan fingerprint density at radius 2 is 2.28 bits per heavy atom. The average molecular weight is 265 g/mol. The quantitative estimate of drug-likeness (QED) is 0.770. The second-order valence-electron chi connectivity index (χ2n) is 5.56. The molecule has 4 heteroatoms. The number of ether oxygens (including phenoxy) is 1. The molecule has 0 amide bonds. The van der Waals surface area contributed by atoms with Crippen molar-refractivity contribution >= 4 is 17.1 Å². The second kappa shape index (κ2) is 4.74. The van der Waals surface area contributed by atoms with Crippen molar-refractivity contribution < 1.29 is 9.53 Å². The van der Waals surface area contributed by atoms with Crippen molar-refractivity contribution in [3.05, 3.63) is 16.1 Å². The molecule has 0 radical (unpaired) electrons. The number of ketones is 1. The average Bonchev–Trinajstić information content (AvgIpc) is 2.98. The van der Waals surface area contributed by atoms with Gasteiger partial charge in [0.05, 0.1) is 21.7 Å². The maximum atomic E-state index is 12.5. The van der Waals surface area contributed by atoms with Gasteiger partial charge in [-0.05, 0) is 32.6 Å². The number of aryl methyl sites for hydroxylation is 1. The molecule has 1 atom stereocenters. The Balaban J connectivity index is 1.76. The number of hydrogen-bond donors (Lipinski definition) is 0. The first kappa shape index (κ1) is 12.3. The topological polar surface area (TPSA) is 39.2 Å². The number of nitrogens with zero attached hydrogens (tertiary/aromatic N) is 1. The normalized spacial score (nSPS) is 26.6. The molecule has 98 valence electrons. The van der Waals surface area contributed by atoms with E-state index in [9.17, 15) is 4.79 Å². The van der Waals surface area contributed by atoms with Gasteiger partial charge in [0, 0.05) is 12.5 Å². The summed E-state index contributed by atoms with van der Waals surface area (Å²) in [6, 6.07) is 0. The zero-order valence-corrected chi connectivity index (χ0v) is 11.6. The highest BCUT2D eigenvalue weighted by atomic mass is 32.1. The summed E-state index contributed by atoms with van der Waals surface area (Å²) >= 11 is 1.48. The van der Waals surface area contributed by atoms with E-state index in [0.29, 0.717) is 5.78 Å². The van der Waals surface area contributed by atoms with Crippen molar-refractivity contribution in [2.75, 3.05) is 6.61 Å². The number of aromatic nitrogens is 1. The van der Waals surface area contributed by atoms with Crippen molar-refractivity contribution in [2.45, 2.75) is 51.0 Å². The van der Waals surface area contributed by atoms with E-state index >= 15 is 0 Å². The van der Waals surface area contributed by atoms with Gasteiger partial charge in [-0.25, -0.2) is 4.98 Å². The number of carbonyl (C=O) groups excluding carboxylic acids is 1. The molecular weight excluding hydrogens is 246 g/mol. The third kappa shape index (κ3) is 2.12. The van der Waals surface area contributed by atoms with Crippen molar-refractivity contribution in [2.24, 2.45) is 5.92 Å². The molecule has 1 aliphatic carbocycles. The van der Waals surface area contributed by atoms with E-state index in [-0.39, 0.29) is 11.5 Å². The Labute approximate surface area is 112 Å². The van der Waals surface area contributed by atoms with Crippen LogP contribution in [0, 0.1) is 12.8 Å². The molecule has 3 nitrogen and oxygen atoms in total. The van der Waals surface area contributed by atoms with E-state index in [0.717, 1.165) is 42.9 Å². The Morgan fingerprint density at radius 1 is 1.50 bits per heavy atom. The van der Waals surface area contributed by atoms with Crippen LogP contribution >= 0.6 is 11.3 Å². The summed E-state index contributed by atoms with van der Waals surface area (Å²) in [6.45, 7) is 2.67. The molecule has 1 aromatic rings. The Hall–Kier alpha value is -0.740. The Bertz CT molecular complexity index is 448. The summed E-state index contributed by atoms with van der Waals surface area (Å²) < 4.78 is 5.99. The predicted octanol–water partition coefficient (Wildman–Crippen LogP) is 3.37. The Kier molecular flexibility index (Phi) is 3.24. The van der Waals surface area contributed by atoms with E-state index in [2.05, 4.69) is 4.98 Å². The van der Waals surface area contributed by atoms with Gasteiger partial charge in [-0.2, -0.15) is 0 Å². The predicted molar refractivity (Wildman–Crippen MR) is 71.1 cm³/mol. The van der Waals surface area contributed by atoms with Crippen molar-refractivity contribution in [3.63, 3.8) is 0 Å². The molecule has 1 unspecified atom stereocenters. The van der Waals surface area contributed by atoms with Crippen LogP contribution < -0.4 is 0 Å². The minimum atomic E-state index is 0.0250. The zero-order chi connectivity index (χ0) is 12.6. The molecule has 0 aromatic carbocycles. The fourth-order valence-corrected chi connectivity index (χ4v) is 4.17. The van der Waals surface area contributed by atoms with E-state index in [1.54, 1.807) is 5.51 Å². The smallest absolute Gasteiger partial charge is 0.177 e. The molecule has 1 aromatic heterocycles. The van der Waals surface area contributed by atoms with Gasteiger partial charge in [0.15, 0.2) is 5.78 Å². The minimum absolute atomic E-state index is 0.0250. The first-order chi connectivity index (χ1) is 8.70. The van der Waals surface area contributed by atoms with Crippen LogP contribution in [0.3, 0.4) is 0 Å². The van der Waals surface area contributed by atoms with Gasteiger partial charge in [0.2, 0.25) is 0 Å². The van der Waals surface area contributed by atoms with Crippen LogP contribution in [0.4, 0.5) is 0 Å². The van der Waals surface area contributed by atoms with E-state index in [4.69, 9.17) is 4.74 Å². The largest absolute Gasteiger partial charge is 0.375 e. The molecule has 18 heavy (non-hydrogen) atoms. The summed E-state index contributed by atoms with van der Waals surface area (Å²) in [4.78, 5) is 17.6. The van der Waals surface area contributed by atoms with Gasteiger partial charge >= 0.3 is 0 Å². The molecule has 2 fully saturated rings. The van der Waals surface area contributed by atoms with Crippen molar-refractivity contribution in [3.8, 4) is 0 Å². The van der Waals surface area contributed by atoms with E-state index < -0.39 is 0 Å². The van der Waals surface area contributed by atoms with E-state index in [1.807, 2.05) is 6.92 Å². The molecule has 2 heterocycles. The van der Waals surface area contributed by atoms with Gasteiger partial charge in [-0.3, -0.25) is 4.79 Å². The lowest BCUT2D eigenvalue weighted by molar-refractivity contribution is -0.0866. The highest BCUT2D eigenvalue weighted by Gasteiger charge is 2.42. The lowest BCUT2D eigenvalue weighted by Gasteiger charge is -2.37. The van der Waals surface area contributed by atoms with Gasteiger partial charge < -0.3 is 4.74 Å². The fraction of sp³-hybridized carbons (Fsp3) is 0.714. The maximum absolute atomic E-state index is 12.5.